The van der Waals surface area contributed by atoms with Crippen LogP contribution in [0.3, 0.4) is 0 Å². The Bertz CT molecular complexity index is 445. The molecule has 0 aromatic heterocycles. The Balaban J connectivity index is 3.86. The molecule has 7 nitrogen and oxygen atoms in total. The highest BCUT2D eigenvalue weighted by Crippen LogP contribution is 2.14. The number of hydrogen-bond donors (Lipinski definition) is 0. The molecule has 0 aliphatic carbocycles. The van der Waals surface area contributed by atoms with Crippen LogP contribution in [0.4, 0.5) is 0 Å². The van der Waals surface area contributed by atoms with Gasteiger partial charge >= 0.3 is 17.9 Å². The molecule has 150 valence electrons. The van der Waals surface area contributed by atoms with Gasteiger partial charge in [-0.25, -0.2) is 0 Å². The molecular weight excluding hydrogens is 340 g/mol. The van der Waals surface area contributed by atoms with Gasteiger partial charge in [-0.15, -0.1) is 0 Å². The van der Waals surface area contributed by atoms with Gasteiger partial charge in [0.2, 0.25) is 0 Å². The third-order valence-electron chi connectivity index (χ3n) is 3.70. The first-order valence-electron chi connectivity index (χ1n) is 9.27. The van der Waals surface area contributed by atoms with Crippen molar-refractivity contribution < 1.29 is 33.4 Å². The molecule has 0 radical (unpaired) electrons. The SMILES string of the molecule is CC(=O)OCCCCC(=O)CCCC(CCCCOC(C)=O)OC(C)=O. The van der Waals surface area contributed by atoms with E-state index in [0.717, 1.165) is 12.8 Å². The van der Waals surface area contributed by atoms with Crippen molar-refractivity contribution in [2.24, 2.45) is 0 Å². The van der Waals surface area contributed by atoms with Crippen molar-refractivity contribution in [3.8, 4) is 0 Å². The molecule has 0 heterocycles. The Morgan fingerprint density at radius 1 is 0.654 bits per heavy atom. The standard InChI is InChI=1S/C19H32O7/c1-15(20)24-13-6-4-9-18(23)10-8-12-19(26-17(3)22)11-5-7-14-25-16(2)21/h19H,4-14H2,1-3H3. The number of esters is 3. The topological polar surface area (TPSA) is 96.0 Å². The summed E-state index contributed by atoms with van der Waals surface area (Å²) < 4.78 is 15.0. The van der Waals surface area contributed by atoms with E-state index >= 15 is 0 Å². The fraction of sp³-hybridized carbons (Fsp3) is 0.789. The lowest BCUT2D eigenvalue weighted by molar-refractivity contribution is -0.147. The number of rotatable bonds is 15. The molecule has 0 aliphatic rings. The molecule has 1 unspecified atom stereocenters. The van der Waals surface area contributed by atoms with Gasteiger partial charge in [-0.1, -0.05) is 0 Å². The van der Waals surface area contributed by atoms with E-state index in [1.165, 1.54) is 20.8 Å². The molecule has 1 atom stereocenters. The molecule has 26 heavy (non-hydrogen) atoms. The average Bonchev–Trinajstić information content (AvgIpc) is 2.52. The summed E-state index contributed by atoms with van der Waals surface area (Å²) >= 11 is 0. The molecule has 0 saturated heterocycles. The first-order chi connectivity index (χ1) is 12.3. The maximum Gasteiger partial charge on any atom is 0.302 e. The van der Waals surface area contributed by atoms with Crippen LogP contribution in [0.15, 0.2) is 0 Å². The lowest BCUT2D eigenvalue weighted by atomic mass is 10.0. The summed E-state index contributed by atoms with van der Waals surface area (Å²) in [6, 6.07) is 0. The van der Waals surface area contributed by atoms with Crippen molar-refractivity contribution >= 4 is 23.7 Å². The zero-order valence-electron chi connectivity index (χ0n) is 16.2. The number of ether oxygens (including phenoxy) is 3. The summed E-state index contributed by atoms with van der Waals surface area (Å²) in [7, 11) is 0. The van der Waals surface area contributed by atoms with Gasteiger partial charge in [-0.3, -0.25) is 19.2 Å². The summed E-state index contributed by atoms with van der Waals surface area (Å²) in [5.74, 6) is -0.760. The third kappa shape index (κ3) is 16.9. The molecule has 0 aliphatic heterocycles. The van der Waals surface area contributed by atoms with Gasteiger partial charge in [0.05, 0.1) is 13.2 Å². The van der Waals surface area contributed by atoms with Gasteiger partial charge in [-0.05, 0) is 44.9 Å². The summed E-state index contributed by atoms with van der Waals surface area (Å²) in [4.78, 5) is 44.3. The normalized spacial score (nSPS) is 11.5. The van der Waals surface area contributed by atoms with Crippen LogP contribution in [0.25, 0.3) is 0 Å². The molecule has 0 fully saturated rings. The van der Waals surface area contributed by atoms with Crippen LogP contribution >= 0.6 is 0 Å². The Hall–Kier alpha value is -1.92. The van der Waals surface area contributed by atoms with Gasteiger partial charge in [0.25, 0.3) is 0 Å². The monoisotopic (exact) mass is 372 g/mol. The van der Waals surface area contributed by atoms with E-state index in [9.17, 15) is 19.2 Å². The van der Waals surface area contributed by atoms with Gasteiger partial charge < -0.3 is 14.2 Å². The van der Waals surface area contributed by atoms with Gasteiger partial charge in [-0.2, -0.15) is 0 Å². The quantitative estimate of drug-likeness (QED) is 0.247. The van der Waals surface area contributed by atoms with Crippen molar-refractivity contribution in [1.29, 1.82) is 0 Å². The Kier molecular flexibility index (Phi) is 14.2. The molecule has 0 aromatic rings. The van der Waals surface area contributed by atoms with Crippen LogP contribution in [0.5, 0.6) is 0 Å². The van der Waals surface area contributed by atoms with Gasteiger partial charge in [0.15, 0.2) is 0 Å². The van der Waals surface area contributed by atoms with E-state index in [1.54, 1.807) is 0 Å². The lowest BCUT2D eigenvalue weighted by Gasteiger charge is -2.16. The number of carbonyl (C=O) groups is 4. The fourth-order valence-corrected chi connectivity index (χ4v) is 2.48. The number of hydrogen-bond acceptors (Lipinski definition) is 7. The van der Waals surface area contributed by atoms with Gasteiger partial charge in [0, 0.05) is 33.6 Å². The maximum absolute atomic E-state index is 11.8. The third-order valence-corrected chi connectivity index (χ3v) is 3.70. The molecule has 0 N–H and O–H groups in total. The van der Waals surface area contributed by atoms with Crippen LogP contribution in [-0.2, 0) is 33.4 Å². The fourth-order valence-electron chi connectivity index (χ4n) is 2.48. The van der Waals surface area contributed by atoms with E-state index in [-0.39, 0.29) is 29.8 Å². The minimum Gasteiger partial charge on any atom is -0.466 e. The van der Waals surface area contributed by atoms with Crippen LogP contribution < -0.4 is 0 Å². The Morgan fingerprint density at radius 3 is 1.69 bits per heavy atom. The molecule has 0 aromatic carbocycles. The lowest BCUT2D eigenvalue weighted by Crippen LogP contribution is -2.17. The second-order valence-electron chi connectivity index (χ2n) is 6.30. The molecular formula is C19H32O7. The predicted octanol–water partition coefficient (Wildman–Crippen LogP) is 3.12. The first-order valence-corrected chi connectivity index (χ1v) is 9.27. The van der Waals surface area contributed by atoms with E-state index in [0.29, 0.717) is 58.2 Å². The summed E-state index contributed by atoms with van der Waals surface area (Å²) in [6.45, 7) is 4.83. The summed E-state index contributed by atoms with van der Waals surface area (Å²) in [6.07, 6.45) is 5.63. The molecule has 0 rings (SSSR count). The van der Waals surface area contributed by atoms with Crippen LogP contribution in [0, 0.1) is 0 Å². The van der Waals surface area contributed by atoms with Crippen molar-refractivity contribution in [3.05, 3.63) is 0 Å². The molecule has 0 amide bonds. The number of ketones is 1. The molecule has 0 bridgehead atoms. The first kappa shape index (κ1) is 24.1. The van der Waals surface area contributed by atoms with Gasteiger partial charge in [0.1, 0.15) is 11.9 Å². The van der Waals surface area contributed by atoms with E-state index in [4.69, 9.17) is 14.2 Å². The second-order valence-corrected chi connectivity index (χ2v) is 6.30. The highest BCUT2D eigenvalue weighted by molar-refractivity contribution is 5.78. The largest absolute Gasteiger partial charge is 0.466 e. The minimum atomic E-state index is -0.327. The highest BCUT2D eigenvalue weighted by atomic mass is 16.5. The van der Waals surface area contributed by atoms with E-state index < -0.39 is 0 Å². The molecule has 0 spiro atoms. The maximum atomic E-state index is 11.8. The number of carbonyl (C=O) groups excluding carboxylic acids is 4. The minimum absolute atomic E-state index is 0.171. The second kappa shape index (κ2) is 15.3. The molecule has 7 heteroatoms. The number of unbranched alkanes of at least 4 members (excludes halogenated alkanes) is 2. The molecule has 0 saturated carbocycles. The van der Waals surface area contributed by atoms with E-state index in [1.807, 2.05) is 0 Å². The van der Waals surface area contributed by atoms with Crippen molar-refractivity contribution in [3.63, 3.8) is 0 Å². The van der Waals surface area contributed by atoms with Crippen LogP contribution in [0.2, 0.25) is 0 Å². The smallest absolute Gasteiger partial charge is 0.302 e. The Morgan fingerprint density at radius 2 is 1.15 bits per heavy atom. The van der Waals surface area contributed by atoms with Crippen molar-refractivity contribution in [2.75, 3.05) is 13.2 Å². The van der Waals surface area contributed by atoms with Crippen molar-refractivity contribution in [1.82, 2.24) is 0 Å². The van der Waals surface area contributed by atoms with E-state index in [2.05, 4.69) is 0 Å². The Labute approximate surface area is 155 Å². The zero-order chi connectivity index (χ0) is 19.8. The predicted molar refractivity (Wildman–Crippen MR) is 95.4 cm³/mol. The van der Waals surface area contributed by atoms with Crippen LogP contribution in [0.1, 0.15) is 78.6 Å². The summed E-state index contributed by atoms with van der Waals surface area (Å²) in [5.41, 5.74) is 0. The highest BCUT2D eigenvalue weighted by Gasteiger charge is 2.13. The average molecular weight is 372 g/mol. The van der Waals surface area contributed by atoms with Crippen molar-refractivity contribution in [2.45, 2.75) is 84.7 Å². The number of Topliss-reactive ketones (excluding diaryl/α,β-unsaturated/α-hetero) is 1. The zero-order valence-corrected chi connectivity index (χ0v) is 16.2. The van der Waals surface area contributed by atoms with Crippen LogP contribution in [-0.4, -0.2) is 43.0 Å². The summed E-state index contributed by atoms with van der Waals surface area (Å²) in [5, 5.41) is 0.